The maximum absolute atomic E-state index is 10.5. The maximum Gasteiger partial charge on any atom is 0.342 e. The first-order valence-electron chi connectivity index (χ1n) is 3.56. The molecular weight excluding hydrogens is 242 g/mol. The van der Waals surface area contributed by atoms with Crippen molar-refractivity contribution in [2.75, 3.05) is 6.61 Å². The van der Waals surface area contributed by atoms with Gasteiger partial charge in [0.05, 0.1) is 11.9 Å². The van der Waals surface area contributed by atoms with Crippen molar-refractivity contribution in [3.63, 3.8) is 0 Å². The highest BCUT2D eigenvalue weighted by atomic mass is 79.9. The van der Waals surface area contributed by atoms with Crippen molar-refractivity contribution < 1.29 is 10.0 Å². The number of aliphatic hydroxyl groups is 1. The summed E-state index contributed by atoms with van der Waals surface area (Å²) in [6.45, 7) is 0.0500. The molecule has 1 N–H and O–H groups in total. The van der Waals surface area contributed by atoms with Gasteiger partial charge in [0.2, 0.25) is 5.82 Å². The lowest BCUT2D eigenvalue weighted by Gasteiger charge is -1.99. The molecule has 6 nitrogen and oxygen atoms in total. The van der Waals surface area contributed by atoms with Crippen LogP contribution in [0.25, 0.3) is 0 Å². The van der Waals surface area contributed by atoms with Crippen LogP contribution in [0, 0.1) is 10.1 Å². The summed E-state index contributed by atoms with van der Waals surface area (Å²) >= 11 is 3.15. The molecule has 1 aromatic heterocycles. The van der Waals surface area contributed by atoms with Gasteiger partial charge in [-0.1, -0.05) is 15.9 Å². The van der Waals surface area contributed by atoms with Gasteiger partial charge in [0.25, 0.3) is 0 Å². The van der Waals surface area contributed by atoms with Gasteiger partial charge in [0.1, 0.15) is 12.7 Å². The van der Waals surface area contributed by atoms with Gasteiger partial charge in [0, 0.05) is 0 Å². The van der Waals surface area contributed by atoms with Crippen LogP contribution in [0.2, 0.25) is 0 Å². The summed E-state index contributed by atoms with van der Waals surface area (Å²) < 4.78 is 1.37. The smallest absolute Gasteiger partial charge is 0.342 e. The Balaban J connectivity index is 3.06. The fraction of sp³-hybridized carbons (Fsp3) is 0.500. The van der Waals surface area contributed by atoms with Crippen LogP contribution in [0.1, 0.15) is 5.82 Å². The third-order valence-electron chi connectivity index (χ3n) is 1.55. The van der Waals surface area contributed by atoms with E-state index in [9.17, 15) is 10.1 Å². The lowest BCUT2D eigenvalue weighted by atomic mass is 10.6. The second-order valence-electron chi connectivity index (χ2n) is 2.30. The summed E-state index contributed by atoms with van der Waals surface area (Å²) in [5, 5.41) is 19.6. The Morgan fingerprint density at radius 1 is 1.77 bits per heavy atom. The standard InChI is InChI=1S/C6H8BrN3O3/c7-3-5-8-4-6(10(12)13)9(5)1-2-11/h4,11H,1-3H2. The lowest BCUT2D eigenvalue weighted by Crippen LogP contribution is -2.08. The van der Waals surface area contributed by atoms with Crippen molar-refractivity contribution in [1.29, 1.82) is 0 Å². The molecule has 0 bridgehead atoms. The molecule has 0 saturated heterocycles. The third kappa shape index (κ3) is 2.04. The normalized spacial score (nSPS) is 10.3. The molecule has 0 aliphatic carbocycles. The zero-order valence-corrected chi connectivity index (χ0v) is 8.27. The zero-order chi connectivity index (χ0) is 9.84. The minimum absolute atomic E-state index is 0.0940. The highest BCUT2D eigenvalue weighted by molar-refractivity contribution is 9.08. The molecule has 0 atom stereocenters. The number of rotatable bonds is 4. The van der Waals surface area contributed by atoms with Gasteiger partial charge in [-0.05, 0) is 4.92 Å². The molecule has 0 radical (unpaired) electrons. The Labute approximate surface area is 82.5 Å². The second-order valence-corrected chi connectivity index (χ2v) is 2.86. The number of nitrogens with zero attached hydrogens (tertiary/aromatic N) is 3. The fourth-order valence-corrected chi connectivity index (χ4v) is 1.45. The van der Waals surface area contributed by atoms with Crippen LogP contribution in [0.5, 0.6) is 0 Å². The molecule has 0 spiro atoms. The summed E-state index contributed by atoms with van der Waals surface area (Å²) in [5.41, 5.74) is 0. The van der Waals surface area contributed by atoms with Crippen LogP contribution in [-0.2, 0) is 11.9 Å². The minimum Gasteiger partial charge on any atom is -0.392 e. The van der Waals surface area contributed by atoms with Crippen molar-refractivity contribution in [2.45, 2.75) is 11.9 Å². The summed E-state index contributed by atoms with van der Waals surface area (Å²) in [6, 6.07) is 0. The van der Waals surface area contributed by atoms with Crippen LogP contribution in [0.4, 0.5) is 5.82 Å². The predicted octanol–water partition coefficient (Wildman–Crippen LogP) is 0.678. The number of imidazole rings is 1. The lowest BCUT2D eigenvalue weighted by molar-refractivity contribution is -0.392. The number of nitro groups is 1. The van der Waals surface area contributed by atoms with Gasteiger partial charge in [-0.2, -0.15) is 0 Å². The second kappa shape index (κ2) is 4.33. The number of hydrogen-bond acceptors (Lipinski definition) is 4. The van der Waals surface area contributed by atoms with Gasteiger partial charge in [-0.15, -0.1) is 0 Å². The molecule has 0 unspecified atom stereocenters. The van der Waals surface area contributed by atoms with E-state index in [1.165, 1.54) is 10.8 Å². The average molecular weight is 250 g/mol. The van der Waals surface area contributed by atoms with Crippen LogP contribution in [0.3, 0.4) is 0 Å². The quantitative estimate of drug-likeness (QED) is 0.484. The molecule has 0 fully saturated rings. The monoisotopic (exact) mass is 249 g/mol. The van der Waals surface area contributed by atoms with Gasteiger partial charge in [-0.3, -0.25) is 0 Å². The first-order chi connectivity index (χ1) is 6.20. The molecule has 7 heteroatoms. The van der Waals surface area contributed by atoms with Crippen molar-refractivity contribution in [2.24, 2.45) is 0 Å². The largest absolute Gasteiger partial charge is 0.392 e. The van der Waals surface area contributed by atoms with E-state index in [4.69, 9.17) is 5.11 Å². The molecule has 0 aliphatic heterocycles. The van der Waals surface area contributed by atoms with E-state index < -0.39 is 4.92 Å². The Morgan fingerprint density at radius 3 is 2.92 bits per heavy atom. The SMILES string of the molecule is O=[N+]([O-])c1cnc(CBr)n1CCO. The molecule has 13 heavy (non-hydrogen) atoms. The van der Waals surface area contributed by atoms with Crippen molar-refractivity contribution in [3.8, 4) is 0 Å². The van der Waals surface area contributed by atoms with E-state index in [2.05, 4.69) is 20.9 Å². The first kappa shape index (κ1) is 10.1. The third-order valence-corrected chi connectivity index (χ3v) is 2.05. The molecular formula is C6H8BrN3O3. The summed E-state index contributed by atoms with van der Waals surface area (Å²) in [7, 11) is 0. The fourth-order valence-electron chi connectivity index (χ4n) is 1.000. The topological polar surface area (TPSA) is 81.2 Å². The van der Waals surface area contributed by atoms with E-state index in [1.54, 1.807) is 0 Å². The van der Waals surface area contributed by atoms with Gasteiger partial charge in [0.15, 0.2) is 0 Å². The van der Waals surface area contributed by atoms with Gasteiger partial charge >= 0.3 is 5.82 Å². The molecule has 0 aliphatic rings. The molecule has 0 saturated carbocycles. The molecule has 1 rings (SSSR count). The molecule has 0 amide bonds. The van der Waals surface area contributed by atoms with E-state index in [0.29, 0.717) is 11.2 Å². The van der Waals surface area contributed by atoms with Crippen molar-refractivity contribution in [1.82, 2.24) is 9.55 Å². The Bertz CT molecular complexity index is 312. The Hall–Kier alpha value is -0.950. The molecule has 72 valence electrons. The highest BCUT2D eigenvalue weighted by Crippen LogP contribution is 2.15. The summed E-state index contributed by atoms with van der Waals surface area (Å²) in [6.07, 6.45) is 1.19. The zero-order valence-electron chi connectivity index (χ0n) is 6.68. The summed E-state index contributed by atoms with van der Waals surface area (Å²) in [5.74, 6) is 0.448. The molecule has 1 heterocycles. The predicted molar refractivity (Wildman–Crippen MR) is 48.6 cm³/mol. The number of aromatic nitrogens is 2. The molecule has 0 aromatic carbocycles. The van der Waals surface area contributed by atoms with Crippen molar-refractivity contribution >= 4 is 21.7 Å². The van der Waals surface area contributed by atoms with E-state index in [1.807, 2.05) is 0 Å². The Kier molecular flexibility index (Phi) is 3.38. The van der Waals surface area contributed by atoms with Crippen LogP contribution >= 0.6 is 15.9 Å². The number of halogens is 1. The maximum atomic E-state index is 10.5. The summed E-state index contributed by atoms with van der Waals surface area (Å²) in [4.78, 5) is 13.8. The van der Waals surface area contributed by atoms with E-state index >= 15 is 0 Å². The number of aliphatic hydroxyl groups excluding tert-OH is 1. The van der Waals surface area contributed by atoms with Crippen LogP contribution in [-0.4, -0.2) is 26.2 Å². The minimum atomic E-state index is -0.519. The first-order valence-corrected chi connectivity index (χ1v) is 4.68. The average Bonchev–Trinajstić information content (AvgIpc) is 2.48. The van der Waals surface area contributed by atoms with Crippen molar-refractivity contribution in [3.05, 3.63) is 22.1 Å². The highest BCUT2D eigenvalue weighted by Gasteiger charge is 2.18. The number of alkyl halides is 1. The Morgan fingerprint density at radius 2 is 2.46 bits per heavy atom. The van der Waals surface area contributed by atoms with E-state index in [0.717, 1.165) is 0 Å². The van der Waals surface area contributed by atoms with Gasteiger partial charge < -0.3 is 15.2 Å². The van der Waals surface area contributed by atoms with Gasteiger partial charge in [-0.25, -0.2) is 9.55 Å². The van der Waals surface area contributed by atoms with Crippen LogP contribution < -0.4 is 0 Å². The molecule has 1 aromatic rings. The van der Waals surface area contributed by atoms with Crippen LogP contribution in [0.15, 0.2) is 6.20 Å². The van der Waals surface area contributed by atoms with E-state index in [-0.39, 0.29) is 19.0 Å². The number of hydrogen-bond donors (Lipinski definition) is 1.